The van der Waals surface area contributed by atoms with E-state index in [2.05, 4.69) is 15.8 Å². The highest BCUT2D eigenvalue weighted by atomic mass is 16.6. The Morgan fingerprint density at radius 3 is 2.29 bits per heavy atom. The third kappa shape index (κ3) is 6.77. The van der Waals surface area contributed by atoms with Crippen LogP contribution in [0.25, 0.3) is 0 Å². The van der Waals surface area contributed by atoms with Gasteiger partial charge in [-0.05, 0) is 66.9 Å². The highest BCUT2D eigenvalue weighted by Gasteiger charge is 2.14. The van der Waals surface area contributed by atoms with E-state index in [9.17, 15) is 14.4 Å². The molecule has 3 rings (SSSR count). The van der Waals surface area contributed by atoms with Gasteiger partial charge >= 0.3 is 17.8 Å². The van der Waals surface area contributed by atoms with Gasteiger partial charge in [0.25, 0.3) is 0 Å². The summed E-state index contributed by atoms with van der Waals surface area (Å²) in [7, 11) is 0. The summed E-state index contributed by atoms with van der Waals surface area (Å²) in [6.45, 7) is 4.19. The minimum absolute atomic E-state index is 0.255. The molecule has 0 aliphatic heterocycles. The first-order valence-corrected chi connectivity index (χ1v) is 10.8. The molecule has 34 heavy (non-hydrogen) atoms. The normalized spacial score (nSPS) is 10.5. The minimum Gasteiger partial charge on any atom is -0.490 e. The number of nitrogens with zero attached hydrogens (tertiary/aromatic N) is 1. The zero-order chi connectivity index (χ0) is 24.3. The Balaban J connectivity index is 1.61. The molecule has 0 aromatic heterocycles. The summed E-state index contributed by atoms with van der Waals surface area (Å²) in [6, 6.07) is 20.7. The molecule has 0 bridgehead atoms. The van der Waals surface area contributed by atoms with Gasteiger partial charge in [-0.25, -0.2) is 10.2 Å². The van der Waals surface area contributed by atoms with Crippen LogP contribution in [0.5, 0.6) is 11.5 Å². The first-order valence-electron chi connectivity index (χ1n) is 10.8. The van der Waals surface area contributed by atoms with E-state index in [-0.39, 0.29) is 5.75 Å². The van der Waals surface area contributed by atoms with E-state index >= 15 is 0 Å². The van der Waals surface area contributed by atoms with Crippen molar-refractivity contribution in [2.24, 2.45) is 5.10 Å². The number of carbonyl (C=O) groups is 3. The minimum atomic E-state index is -0.908. The molecule has 0 atom stereocenters. The predicted molar refractivity (Wildman–Crippen MR) is 129 cm³/mol. The van der Waals surface area contributed by atoms with E-state index in [0.29, 0.717) is 29.2 Å². The maximum absolute atomic E-state index is 12.3. The molecule has 2 amide bonds. The number of nitrogens with one attached hydrogen (secondary N) is 2. The summed E-state index contributed by atoms with van der Waals surface area (Å²) in [5.74, 6) is -1.65. The number of aryl methyl sites for hydroxylation is 1. The number of rotatable bonds is 8. The molecule has 8 nitrogen and oxygen atoms in total. The molecule has 0 unspecified atom stereocenters. The van der Waals surface area contributed by atoms with E-state index in [1.54, 1.807) is 61.5 Å². The van der Waals surface area contributed by atoms with Crippen molar-refractivity contribution in [2.75, 3.05) is 11.9 Å². The first-order chi connectivity index (χ1) is 16.5. The topological polar surface area (TPSA) is 106 Å². The maximum atomic E-state index is 12.3. The van der Waals surface area contributed by atoms with Gasteiger partial charge in [0.15, 0.2) is 11.5 Å². The lowest BCUT2D eigenvalue weighted by molar-refractivity contribution is -0.136. The number of anilines is 1. The van der Waals surface area contributed by atoms with Crippen molar-refractivity contribution in [3.05, 3.63) is 89.5 Å². The monoisotopic (exact) mass is 459 g/mol. The van der Waals surface area contributed by atoms with Crippen LogP contribution in [0.2, 0.25) is 0 Å². The summed E-state index contributed by atoms with van der Waals surface area (Å²) < 4.78 is 11.0. The zero-order valence-electron chi connectivity index (χ0n) is 18.9. The number of ether oxygens (including phenoxy) is 2. The van der Waals surface area contributed by atoms with Crippen LogP contribution < -0.4 is 20.2 Å². The van der Waals surface area contributed by atoms with E-state index in [4.69, 9.17) is 9.47 Å². The Labute approximate surface area is 197 Å². The molecule has 0 heterocycles. The molecule has 0 spiro atoms. The van der Waals surface area contributed by atoms with Crippen LogP contribution in [0, 0.1) is 0 Å². The van der Waals surface area contributed by atoms with Crippen LogP contribution in [0.3, 0.4) is 0 Å². The van der Waals surface area contributed by atoms with Crippen LogP contribution in [0.1, 0.15) is 35.3 Å². The summed E-state index contributed by atoms with van der Waals surface area (Å²) in [5, 5.41) is 6.34. The van der Waals surface area contributed by atoms with Crippen LogP contribution >= 0.6 is 0 Å². The van der Waals surface area contributed by atoms with Crippen molar-refractivity contribution in [2.45, 2.75) is 20.3 Å². The van der Waals surface area contributed by atoms with Gasteiger partial charge in [-0.1, -0.05) is 37.3 Å². The van der Waals surface area contributed by atoms with Crippen molar-refractivity contribution < 1.29 is 23.9 Å². The Hall–Kier alpha value is -4.46. The summed E-state index contributed by atoms with van der Waals surface area (Å²) in [6.07, 6.45) is 2.23. The van der Waals surface area contributed by atoms with Gasteiger partial charge in [0.2, 0.25) is 0 Å². The molecule has 3 aromatic rings. The number of hydrogen-bond donors (Lipinski definition) is 2. The number of carbonyl (C=O) groups excluding carboxylic acids is 3. The fourth-order valence-corrected chi connectivity index (χ4v) is 2.92. The van der Waals surface area contributed by atoms with Crippen LogP contribution in [-0.4, -0.2) is 30.6 Å². The maximum Gasteiger partial charge on any atom is 0.343 e. The summed E-state index contributed by atoms with van der Waals surface area (Å²) in [5.41, 5.74) is 4.81. The zero-order valence-corrected chi connectivity index (χ0v) is 18.9. The average molecular weight is 460 g/mol. The quantitative estimate of drug-likeness (QED) is 0.174. The van der Waals surface area contributed by atoms with Crippen LogP contribution in [0.4, 0.5) is 5.69 Å². The molecule has 2 N–H and O–H groups in total. The highest BCUT2D eigenvalue weighted by Crippen LogP contribution is 2.29. The van der Waals surface area contributed by atoms with Crippen molar-refractivity contribution in [3.8, 4) is 11.5 Å². The molecular formula is C26H25N3O5. The molecule has 174 valence electrons. The molecule has 0 aliphatic rings. The van der Waals surface area contributed by atoms with Gasteiger partial charge in [-0.3, -0.25) is 9.59 Å². The Kier molecular flexibility index (Phi) is 8.51. The second-order valence-electron chi connectivity index (χ2n) is 7.10. The largest absolute Gasteiger partial charge is 0.490 e. The fraction of sp³-hybridized carbons (Fsp3) is 0.154. The number of benzene rings is 3. The van der Waals surface area contributed by atoms with Crippen LogP contribution in [0.15, 0.2) is 77.9 Å². The van der Waals surface area contributed by atoms with E-state index in [1.807, 2.05) is 25.1 Å². The lowest BCUT2D eigenvalue weighted by Gasteiger charge is -2.11. The van der Waals surface area contributed by atoms with Gasteiger partial charge in [0.05, 0.1) is 18.4 Å². The molecule has 0 radical (unpaired) electrons. The smallest absolute Gasteiger partial charge is 0.343 e. The van der Waals surface area contributed by atoms with Gasteiger partial charge in [-0.2, -0.15) is 5.10 Å². The number of amides is 2. The van der Waals surface area contributed by atoms with Crippen molar-refractivity contribution in [1.82, 2.24) is 5.43 Å². The Morgan fingerprint density at radius 2 is 1.62 bits per heavy atom. The average Bonchev–Trinajstić information content (AvgIpc) is 2.86. The van der Waals surface area contributed by atoms with E-state index < -0.39 is 17.8 Å². The third-order valence-electron chi connectivity index (χ3n) is 4.69. The predicted octanol–water partition coefficient (Wildman–Crippen LogP) is 3.96. The first kappa shape index (κ1) is 24.2. The molecular weight excluding hydrogens is 434 g/mol. The SMILES string of the molecule is CCOc1cc(C=NNC(=O)C(=O)Nc2ccc(CC)cc2)ccc1OC(=O)c1ccccc1. The summed E-state index contributed by atoms with van der Waals surface area (Å²) >= 11 is 0. The molecule has 8 heteroatoms. The molecule has 0 saturated carbocycles. The van der Waals surface area contributed by atoms with Crippen molar-refractivity contribution in [3.63, 3.8) is 0 Å². The Bertz CT molecular complexity index is 1170. The van der Waals surface area contributed by atoms with E-state index in [1.165, 1.54) is 6.21 Å². The summed E-state index contributed by atoms with van der Waals surface area (Å²) in [4.78, 5) is 36.4. The second kappa shape index (κ2) is 12.0. The number of esters is 1. The standard InChI is InChI=1S/C26H25N3O5/c1-3-18-10-13-21(14-11-18)28-24(30)25(31)29-27-17-19-12-15-22(23(16-19)33-4-2)34-26(32)20-8-6-5-7-9-20/h5-17H,3-4H2,1-2H3,(H,28,30)(H,29,31). The Morgan fingerprint density at radius 1 is 0.882 bits per heavy atom. The van der Waals surface area contributed by atoms with Crippen LogP contribution in [-0.2, 0) is 16.0 Å². The molecule has 0 aliphatic carbocycles. The fourth-order valence-electron chi connectivity index (χ4n) is 2.92. The highest BCUT2D eigenvalue weighted by molar-refractivity contribution is 6.39. The van der Waals surface area contributed by atoms with Gasteiger partial charge in [-0.15, -0.1) is 0 Å². The second-order valence-corrected chi connectivity index (χ2v) is 7.10. The van der Waals surface area contributed by atoms with Crippen molar-refractivity contribution >= 4 is 29.7 Å². The van der Waals surface area contributed by atoms with Gasteiger partial charge < -0.3 is 14.8 Å². The van der Waals surface area contributed by atoms with Gasteiger partial charge in [0.1, 0.15) is 0 Å². The van der Waals surface area contributed by atoms with Crippen molar-refractivity contribution in [1.29, 1.82) is 0 Å². The molecule has 3 aromatic carbocycles. The molecule has 0 saturated heterocycles. The lowest BCUT2D eigenvalue weighted by atomic mass is 10.1. The lowest BCUT2D eigenvalue weighted by Crippen LogP contribution is -2.32. The van der Waals surface area contributed by atoms with E-state index in [0.717, 1.165) is 12.0 Å². The molecule has 0 fully saturated rings. The number of hydrazone groups is 1. The van der Waals surface area contributed by atoms with Gasteiger partial charge in [0, 0.05) is 5.69 Å². The number of hydrogen-bond acceptors (Lipinski definition) is 6. The third-order valence-corrected chi connectivity index (χ3v) is 4.69.